The van der Waals surface area contributed by atoms with Crippen LogP contribution >= 0.6 is 31.9 Å². The van der Waals surface area contributed by atoms with E-state index < -0.39 is 0 Å². The number of rotatable bonds is 1. The lowest BCUT2D eigenvalue weighted by molar-refractivity contribution is 0.672. The third-order valence-corrected chi connectivity index (χ3v) is 10.3. The van der Waals surface area contributed by atoms with Crippen LogP contribution in [0.5, 0.6) is 0 Å². The van der Waals surface area contributed by atoms with E-state index in [0.717, 1.165) is 75.1 Å². The molecule has 48 heavy (non-hydrogen) atoms. The molecule has 0 fully saturated rings. The van der Waals surface area contributed by atoms with Gasteiger partial charge in [0.15, 0.2) is 0 Å². The van der Waals surface area contributed by atoms with Crippen LogP contribution in [0.1, 0.15) is 0 Å². The summed E-state index contributed by atoms with van der Waals surface area (Å²) in [4.78, 5) is 3.46. The second kappa shape index (κ2) is 10.6. The molecule has 4 aromatic heterocycles. The smallest absolute Gasteiger partial charge is 0.145 e. The quantitative estimate of drug-likeness (QED) is 0.182. The SMILES string of the molecule is Brc1ccc2[nH]c3ccc4c5ccccc5oc4c3c2c1.Brc1ccc2c(c1)c1c3oc4ccccc4c3ccc1n2-c1ccccc1. The third kappa shape index (κ3) is 4.13. The molecule has 1 N–H and O–H groups in total. The standard InChI is InChI=1S/C24H14BrNO.C18H10BrNO/c25-15-10-12-20-19(14-15)23-21(26(20)16-6-2-1-3-7-16)13-11-18-17-8-4-5-9-22(17)27-24(18)23;19-10-5-7-14-13(9-10)17-15(20-14)8-6-12-11-3-1-2-4-16(11)21-18(12)17/h1-14H;1-9,20H. The van der Waals surface area contributed by atoms with E-state index in [0.29, 0.717) is 0 Å². The van der Waals surface area contributed by atoms with Gasteiger partial charge in [-0.1, -0.05) is 86.5 Å². The molecular formula is C42H24Br2N2O2. The summed E-state index contributed by atoms with van der Waals surface area (Å²) in [5.41, 5.74) is 9.48. The largest absolute Gasteiger partial charge is 0.455 e. The Morgan fingerprint density at radius 2 is 1.00 bits per heavy atom. The Morgan fingerprint density at radius 3 is 1.73 bits per heavy atom. The number of H-pyrrole nitrogens is 1. The van der Waals surface area contributed by atoms with Gasteiger partial charge in [-0.3, -0.25) is 0 Å². The highest BCUT2D eigenvalue weighted by atomic mass is 79.9. The molecule has 0 aliphatic rings. The van der Waals surface area contributed by atoms with Gasteiger partial charge in [0.2, 0.25) is 0 Å². The highest BCUT2D eigenvalue weighted by molar-refractivity contribution is 9.10. The highest BCUT2D eigenvalue weighted by Crippen LogP contribution is 2.41. The van der Waals surface area contributed by atoms with Crippen molar-refractivity contribution in [3.05, 3.63) is 148 Å². The van der Waals surface area contributed by atoms with Gasteiger partial charge in [0, 0.05) is 52.5 Å². The van der Waals surface area contributed by atoms with E-state index in [2.05, 4.69) is 138 Å². The number of aromatic amines is 1. The van der Waals surface area contributed by atoms with Crippen molar-refractivity contribution in [1.82, 2.24) is 9.55 Å². The van der Waals surface area contributed by atoms with Crippen molar-refractivity contribution < 1.29 is 8.83 Å². The summed E-state index contributed by atoms with van der Waals surface area (Å²) in [7, 11) is 0. The number of nitrogens with one attached hydrogen (secondary N) is 1. The van der Waals surface area contributed by atoms with Crippen LogP contribution in [0.3, 0.4) is 0 Å². The Labute approximate surface area is 290 Å². The number of para-hydroxylation sites is 3. The van der Waals surface area contributed by atoms with E-state index in [1.54, 1.807) is 0 Å². The number of nitrogens with zero attached hydrogens (tertiary/aromatic N) is 1. The zero-order valence-electron chi connectivity index (χ0n) is 25.3. The summed E-state index contributed by atoms with van der Waals surface area (Å²) >= 11 is 7.20. The van der Waals surface area contributed by atoms with Gasteiger partial charge in [-0.15, -0.1) is 0 Å². The first-order valence-corrected chi connectivity index (χ1v) is 17.3. The van der Waals surface area contributed by atoms with E-state index in [1.807, 2.05) is 42.5 Å². The maximum atomic E-state index is 6.33. The van der Waals surface area contributed by atoms with Crippen molar-refractivity contribution in [2.24, 2.45) is 0 Å². The van der Waals surface area contributed by atoms with Gasteiger partial charge in [0.25, 0.3) is 0 Å². The van der Waals surface area contributed by atoms with Crippen LogP contribution < -0.4 is 0 Å². The summed E-state index contributed by atoms with van der Waals surface area (Å²) in [5.74, 6) is 0. The molecule has 11 rings (SSSR count). The summed E-state index contributed by atoms with van der Waals surface area (Å²) in [6.07, 6.45) is 0. The molecule has 0 saturated carbocycles. The summed E-state index contributed by atoms with van der Waals surface area (Å²) in [6, 6.07) is 48.3. The van der Waals surface area contributed by atoms with Crippen LogP contribution in [0.15, 0.2) is 157 Å². The number of hydrogen-bond acceptors (Lipinski definition) is 2. The first-order chi connectivity index (χ1) is 23.6. The van der Waals surface area contributed by atoms with Crippen LogP contribution in [-0.2, 0) is 0 Å². The Balaban J connectivity index is 0.000000127. The first kappa shape index (κ1) is 27.8. The topological polar surface area (TPSA) is 47.0 Å². The monoisotopic (exact) mass is 746 g/mol. The molecule has 11 aromatic rings. The molecule has 0 atom stereocenters. The minimum atomic E-state index is 0.926. The lowest BCUT2D eigenvalue weighted by atomic mass is 10.1. The summed E-state index contributed by atoms with van der Waals surface area (Å²) in [6.45, 7) is 0. The average Bonchev–Trinajstić information content (AvgIpc) is 3.87. The number of furan rings is 2. The number of fused-ring (bicyclic) bond motifs is 14. The first-order valence-electron chi connectivity index (χ1n) is 15.7. The molecule has 7 aromatic carbocycles. The van der Waals surface area contributed by atoms with Crippen LogP contribution in [0.25, 0.3) is 93.2 Å². The minimum Gasteiger partial charge on any atom is -0.455 e. The van der Waals surface area contributed by atoms with Crippen LogP contribution in [0.4, 0.5) is 0 Å². The molecule has 0 saturated heterocycles. The molecular weight excluding hydrogens is 724 g/mol. The van der Waals surface area contributed by atoms with Gasteiger partial charge in [0.05, 0.1) is 27.3 Å². The van der Waals surface area contributed by atoms with Crippen molar-refractivity contribution in [3.63, 3.8) is 0 Å². The molecule has 0 amide bonds. The van der Waals surface area contributed by atoms with Gasteiger partial charge in [0.1, 0.15) is 22.3 Å². The maximum Gasteiger partial charge on any atom is 0.145 e. The Bertz CT molecular complexity index is 3040. The summed E-state index contributed by atoms with van der Waals surface area (Å²) in [5, 5.41) is 9.33. The van der Waals surface area contributed by atoms with Crippen molar-refractivity contribution in [1.29, 1.82) is 0 Å². The lowest BCUT2D eigenvalue weighted by Gasteiger charge is -2.07. The fraction of sp³-hybridized carbons (Fsp3) is 0. The molecule has 0 aliphatic carbocycles. The van der Waals surface area contributed by atoms with E-state index in [1.165, 1.54) is 27.1 Å². The van der Waals surface area contributed by atoms with Crippen molar-refractivity contribution in [2.75, 3.05) is 0 Å². The summed E-state index contributed by atoms with van der Waals surface area (Å²) < 4.78 is 16.9. The number of halogens is 2. The van der Waals surface area contributed by atoms with Gasteiger partial charge >= 0.3 is 0 Å². The van der Waals surface area contributed by atoms with E-state index in [4.69, 9.17) is 8.83 Å². The highest BCUT2D eigenvalue weighted by Gasteiger charge is 2.19. The van der Waals surface area contributed by atoms with Crippen molar-refractivity contribution in [2.45, 2.75) is 0 Å². The molecule has 6 heteroatoms. The van der Waals surface area contributed by atoms with Gasteiger partial charge in [-0.25, -0.2) is 0 Å². The maximum absolute atomic E-state index is 6.33. The van der Waals surface area contributed by atoms with Gasteiger partial charge < -0.3 is 18.4 Å². The van der Waals surface area contributed by atoms with E-state index in [9.17, 15) is 0 Å². The zero-order valence-corrected chi connectivity index (χ0v) is 28.5. The second-order valence-corrected chi connectivity index (χ2v) is 13.9. The fourth-order valence-electron chi connectivity index (χ4n) is 7.25. The van der Waals surface area contributed by atoms with Gasteiger partial charge in [-0.2, -0.15) is 0 Å². The molecule has 228 valence electrons. The van der Waals surface area contributed by atoms with E-state index in [-0.39, 0.29) is 0 Å². The lowest BCUT2D eigenvalue weighted by Crippen LogP contribution is -1.92. The Kier molecular flexibility index (Phi) is 6.14. The van der Waals surface area contributed by atoms with Crippen LogP contribution in [-0.4, -0.2) is 9.55 Å². The number of benzene rings is 7. The fourth-order valence-corrected chi connectivity index (χ4v) is 7.97. The number of hydrogen-bond donors (Lipinski definition) is 1. The molecule has 4 nitrogen and oxygen atoms in total. The minimum absolute atomic E-state index is 0.926. The molecule has 0 unspecified atom stereocenters. The van der Waals surface area contributed by atoms with E-state index >= 15 is 0 Å². The third-order valence-electron chi connectivity index (χ3n) is 9.32. The second-order valence-electron chi connectivity index (χ2n) is 12.0. The molecule has 0 bridgehead atoms. The van der Waals surface area contributed by atoms with Crippen molar-refractivity contribution in [3.8, 4) is 5.69 Å². The molecule has 0 spiro atoms. The predicted octanol–water partition coefficient (Wildman–Crippen LogP) is 13.4. The molecule has 0 radical (unpaired) electrons. The molecule has 4 heterocycles. The Morgan fingerprint density at radius 1 is 0.438 bits per heavy atom. The van der Waals surface area contributed by atoms with Crippen LogP contribution in [0, 0.1) is 0 Å². The van der Waals surface area contributed by atoms with Crippen LogP contribution in [0.2, 0.25) is 0 Å². The zero-order chi connectivity index (χ0) is 31.9. The average molecular weight is 748 g/mol. The van der Waals surface area contributed by atoms with Gasteiger partial charge in [-0.05, 0) is 84.9 Å². The number of aromatic nitrogens is 2. The molecule has 0 aliphatic heterocycles. The predicted molar refractivity (Wildman–Crippen MR) is 207 cm³/mol. The van der Waals surface area contributed by atoms with Crippen molar-refractivity contribution >= 4 is 119 Å². The normalized spacial score (nSPS) is 12.0. The Hall–Kier alpha value is -5.30.